The number of aliphatic carboxylic acids is 1. The zero-order chi connectivity index (χ0) is 16.2. The SMILES string of the molecule is CC(CCCC(C)(O)c1ccc(C(=O)O)cc1O)C(=O)O. The summed E-state index contributed by atoms with van der Waals surface area (Å²) in [6, 6.07) is 3.77. The smallest absolute Gasteiger partial charge is 0.335 e. The fourth-order valence-electron chi connectivity index (χ4n) is 2.13. The van der Waals surface area contributed by atoms with Gasteiger partial charge in [-0.15, -0.1) is 0 Å². The van der Waals surface area contributed by atoms with Crippen LogP contribution in [0, 0.1) is 5.92 Å². The Balaban J connectivity index is 2.78. The van der Waals surface area contributed by atoms with E-state index in [0.29, 0.717) is 12.8 Å². The topological polar surface area (TPSA) is 115 Å². The summed E-state index contributed by atoms with van der Waals surface area (Å²) in [7, 11) is 0. The molecule has 0 bridgehead atoms. The number of carboxylic acid groups (broad SMARTS) is 2. The molecule has 6 nitrogen and oxygen atoms in total. The first-order valence-corrected chi connectivity index (χ1v) is 6.67. The first-order valence-electron chi connectivity index (χ1n) is 6.67. The first-order chi connectivity index (χ1) is 9.65. The van der Waals surface area contributed by atoms with Gasteiger partial charge in [0.15, 0.2) is 0 Å². The highest BCUT2D eigenvalue weighted by molar-refractivity contribution is 5.88. The Hall–Kier alpha value is -2.08. The molecule has 0 heterocycles. The van der Waals surface area contributed by atoms with E-state index in [-0.39, 0.29) is 23.3 Å². The van der Waals surface area contributed by atoms with Crippen molar-refractivity contribution in [3.63, 3.8) is 0 Å². The molecule has 0 saturated carbocycles. The highest BCUT2D eigenvalue weighted by Crippen LogP contribution is 2.34. The number of hydrogen-bond acceptors (Lipinski definition) is 4. The van der Waals surface area contributed by atoms with Crippen LogP contribution in [0.15, 0.2) is 18.2 Å². The largest absolute Gasteiger partial charge is 0.508 e. The van der Waals surface area contributed by atoms with Crippen LogP contribution < -0.4 is 0 Å². The molecular formula is C15H20O6. The first kappa shape index (κ1) is 17.0. The van der Waals surface area contributed by atoms with Crippen molar-refractivity contribution in [3.8, 4) is 5.75 Å². The molecule has 0 amide bonds. The average Bonchev–Trinajstić information content (AvgIpc) is 2.37. The van der Waals surface area contributed by atoms with Crippen LogP contribution in [0.5, 0.6) is 5.75 Å². The van der Waals surface area contributed by atoms with Crippen molar-refractivity contribution < 1.29 is 30.0 Å². The van der Waals surface area contributed by atoms with E-state index < -0.39 is 23.5 Å². The lowest BCUT2D eigenvalue weighted by molar-refractivity contribution is -0.141. The molecular weight excluding hydrogens is 276 g/mol. The number of benzene rings is 1. The number of aliphatic hydroxyl groups is 1. The van der Waals surface area contributed by atoms with Gasteiger partial charge in [-0.2, -0.15) is 0 Å². The summed E-state index contributed by atoms with van der Waals surface area (Å²) in [5.74, 6) is -2.83. The Morgan fingerprint density at radius 1 is 1.29 bits per heavy atom. The number of phenolic OH excluding ortho intramolecular Hbond substituents is 1. The summed E-state index contributed by atoms with van der Waals surface area (Å²) in [5.41, 5.74) is -1.18. The maximum Gasteiger partial charge on any atom is 0.335 e. The molecule has 21 heavy (non-hydrogen) atoms. The molecule has 1 rings (SSSR count). The standard InChI is InChI=1S/C15H20O6/c1-9(13(17)18)4-3-7-15(2,21)11-6-5-10(14(19)20)8-12(11)16/h5-6,8-9,16,21H,3-4,7H2,1-2H3,(H,17,18)(H,19,20). The van der Waals surface area contributed by atoms with Crippen LogP contribution in [0.4, 0.5) is 0 Å². The lowest BCUT2D eigenvalue weighted by atomic mass is 9.88. The number of aromatic hydroxyl groups is 1. The quantitative estimate of drug-likeness (QED) is 0.613. The molecule has 0 radical (unpaired) electrons. The lowest BCUT2D eigenvalue weighted by Crippen LogP contribution is -2.22. The molecule has 2 atom stereocenters. The normalized spacial score (nSPS) is 15.2. The van der Waals surface area contributed by atoms with Crippen molar-refractivity contribution in [2.75, 3.05) is 0 Å². The Morgan fingerprint density at radius 3 is 2.38 bits per heavy atom. The fraction of sp³-hybridized carbons (Fsp3) is 0.467. The Morgan fingerprint density at radius 2 is 1.90 bits per heavy atom. The summed E-state index contributed by atoms with van der Waals surface area (Å²) in [6.45, 7) is 3.10. The molecule has 116 valence electrons. The molecule has 2 unspecified atom stereocenters. The number of hydrogen-bond donors (Lipinski definition) is 4. The minimum atomic E-state index is -1.35. The zero-order valence-electron chi connectivity index (χ0n) is 12.0. The molecule has 1 aromatic carbocycles. The predicted octanol–water partition coefficient (Wildman–Crippen LogP) is 2.19. The maximum atomic E-state index is 10.8. The van der Waals surface area contributed by atoms with Gasteiger partial charge in [-0.1, -0.05) is 13.0 Å². The van der Waals surface area contributed by atoms with Gasteiger partial charge in [0.25, 0.3) is 0 Å². The van der Waals surface area contributed by atoms with Crippen molar-refractivity contribution in [1.29, 1.82) is 0 Å². The molecule has 1 aromatic rings. The van der Waals surface area contributed by atoms with Crippen LogP contribution >= 0.6 is 0 Å². The van der Waals surface area contributed by atoms with Crippen LogP contribution in [-0.2, 0) is 10.4 Å². The number of rotatable bonds is 7. The molecule has 0 spiro atoms. The Kier molecular flexibility index (Phi) is 5.32. The third kappa shape index (κ3) is 4.46. The number of phenols is 1. The van der Waals surface area contributed by atoms with Gasteiger partial charge in [0.2, 0.25) is 0 Å². The van der Waals surface area contributed by atoms with E-state index in [4.69, 9.17) is 10.2 Å². The predicted molar refractivity (Wildman–Crippen MR) is 75.3 cm³/mol. The van der Waals surface area contributed by atoms with E-state index in [0.717, 1.165) is 6.07 Å². The molecule has 0 fully saturated rings. The van der Waals surface area contributed by atoms with Gasteiger partial charge < -0.3 is 20.4 Å². The van der Waals surface area contributed by atoms with Crippen LogP contribution in [0.1, 0.15) is 49.0 Å². The number of carboxylic acids is 2. The van der Waals surface area contributed by atoms with Gasteiger partial charge in [0, 0.05) is 5.56 Å². The highest BCUT2D eigenvalue weighted by atomic mass is 16.4. The van der Waals surface area contributed by atoms with Crippen molar-refractivity contribution in [2.45, 2.75) is 38.7 Å². The summed E-state index contributed by atoms with van der Waals surface area (Å²) >= 11 is 0. The molecule has 0 aliphatic heterocycles. The van der Waals surface area contributed by atoms with E-state index >= 15 is 0 Å². The van der Waals surface area contributed by atoms with Crippen molar-refractivity contribution in [3.05, 3.63) is 29.3 Å². The summed E-state index contributed by atoms with van der Waals surface area (Å²) < 4.78 is 0. The third-order valence-electron chi connectivity index (χ3n) is 3.55. The van der Waals surface area contributed by atoms with Crippen molar-refractivity contribution >= 4 is 11.9 Å². The van der Waals surface area contributed by atoms with E-state index in [1.54, 1.807) is 6.92 Å². The summed E-state index contributed by atoms with van der Waals surface area (Å²) in [5, 5.41) is 37.9. The van der Waals surface area contributed by atoms with Crippen LogP contribution in [0.2, 0.25) is 0 Å². The molecule has 0 aliphatic rings. The van der Waals surface area contributed by atoms with E-state index in [1.807, 2.05) is 0 Å². The maximum absolute atomic E-state index is 10.8. The zero-order valence-corrected chi connectivity index (χ0v) is 12.0. The van der Waals surface area contributed by atoms with Crippen LogP contribution in [-0.4, -0.2) is 32.4 Å². The Labute approximate surface area is 122 Å². The minimum Gasteiger partial charge on any atom is -0.508 e. The van der Waals surface area contributed by atoms with Gasteiger partial charge in [0.1, 0.15) is 5.75 Å². The van der Waals surface area contributed by atoms with Gasteiger partial charge in [-0.3, -0.25) is 4.79 Å². The second kappa shape index (κ2) is 6.58. The van der Waals surface area contributed by atoms with Crippen molar-refractivity contribution in [2.24, 2.45) is 5.92 Å². The lowest BCUT2D eigenvalue weighted by Gasteiger charge is -2.25. The van der Waals surface area contributed by atoms with Crippen LogP contribution in [0.25, 0.3) is 0 Å². The van der Waals surface area contributed by atoms with E-state index in [1.165, 1.54) is 19.1 Å². The second-order valence-electron chi connectivity index (χ2n) is 5.44. The van der Waals surface area contributed by atoms with Crippen molar-refractivity contribution in [1.82, 2.24) is 0 Å². The number of aromatic carboxylic acids is 1. The Bertz CT molecular complexity index is 535. The molecule has 0 aromatic heterocycles. The van der Waals surface area contributed by atoms with Gasteiger partial charge in [-0.25, -0.2) is 4.79 Å². The average molecular weight is 296 g/mol. The number of carbonyl (C=O) groups is 2. The molecule has 4 N–H and O–H groups in total. The van der Waals surface area contributed by atoms with Gasteiger partial charge in [0.05, 0.1) is 17.1 Å². The monoisotopic (exact) mass is 296 g/mol. The summed E-state index contributed by atoms with van der Waals surface area (Å²) in [4.78, 5) is 21.5. The fourth-order valence-corrected chi connectivity index (χ4v) is 2.13. The second-order valence-corrected chi connectivity index (χ2v) is 5.44. The molecule has 0 saturated heterocycles. The van der Waals surface area contributed by atoms with Crippen LogP contribution in [0.3, 0.4) is 0 Å². The molecule has 6 heteroatoms. The molecule has 0 aliphatic carbocycles. The minimum absolute atomic E-state index is 0.0634. The van der Waals surface area contributed by atoms with Gasteiger partial charge in [-0.05, 0) is 38.3 Å². The highest BCUT2D eigenvalue weighted by Gasteiger charge is 2.27. The van der Waals surface area contributed by atoms with E-state index in [2.05, 4.69) is 0 Å². The van der Waals surface area contributed by atoms with E-state index in [9.17, 15) is 19.8 Å². The third-order valence-corrected chi connectivity index (χ3v) is 3.55. The summed E-state index contributed by atoms with van der Waals surface area (Å²) in [6.07, 6.45) is 1.16. The van der Waals surface area contributed by atoms with Gasteiger partial charge >= 0.3 is 11.9 Å².